The molecule has 0 aliphatic rings. The Labute approximate surface area is 125 Å². The van der Waals surface area contributed by atoms with E-state index < -0.39 is 11.9 Å². The maximum atomic E-state index is 11.9. The summed E-state index contributed by atoms with van der Waals surface area (Å²) < 4.78 is 9.97. The number of hydrogen-bond acceptors (Lipinski definition) is 5. The second-order valence-corrected chi connectivity index (χ2v) is 4.57. The van der Waals surface area contributed by atoms with E-state index in [0.717, 1.165) is 5.56 Å². The molecule has 0 bridgehead atoms. The van der Waals surface area contributed by atoms with Crippen LogP contribution in [0, 0.1) is 6.92 Å². The fraction of sp³-hybridized carbons (Fsp3) is 0.438. The Hall–Kier alpha value is -2.17. The second-order valence-electron chi connectivity index (χ2n) is 4.57. The lowest BCUT2D eigenvalue weighted by Gasteiger charge is -2.07. The number of carbonyl (C=O) groups is 2. The Morgan fingerprint density at radius 2 is 1.62 bits per heavy atom. The highest BCUT2D eigenvalue weighted by Gasteiger charge is 2.23. The molecule has 0 heterocycles. The van der Waals surface area contributed by atoms with E-state index in [9.17, 15) is 9.59 Å². The topological polar surface area (TPSA) is 65.0 Å². The number of aryl methyl sites for hydroxylation is 1. The Bertz CT molecular complexity index is 501. The predicted molar refractivity (Wildman–Crippen MR) is 80.8 cm³/mol. The van der Waals surface area contributed by atoms with Gasteiger partial charge in [-0.15, -0.1) is 0 Å². The standard InChI is InChI=1S/C16H21NO4/c1-4-9-20-15(18)14(16(19)21-10-5-2)17-13-8-6-7-12(3)11-13/h6-8,11H,4-5,9-10H2,1-3H3. The van der Waals surface area contributed by atoms with Gasteiger partial charge in [0.05, 0.1) is 18.9 Å². The van der Waals surface area contributed by atoms with Crippen LogP contribution < -0.4 is 0 Å². The van der Waals surface area contributed by atoms with Gasteiger partial charge in [0.2, 0.25) is 5.71 Å². The van der Waals surface area contributed by atoms with Crippen LogP contribution in [0.15, 0.2) is 29.3 Å². The van der Waals surface area contributed by atoms with E-state index in [1.54, 1.807) is 18.2 Å². The number of ether oxygens (including phenoxy) is 2. The molecule has 0 aliphatic carbocycles. The van der Waals surface area contributed by atoms with Crippen molar-refractivity contribution < 1.29 is 19.1 Å². The monoisotopic (exact) mass is 291 g/mol. The summed E-state index contributed by atoms with van der Waals surface area (Å²) in [6.07, 6.45) is 1.35. The quantitative estimate of drug-likeness (QED) is 0.440. The number of benzene rings is 1. The summed E-state index contributed by atoms with van der Waals surface area (Å²) in [5, 5.41) is 0. The van der Waals surface area contributed by atoms with Crippen molar-refractivity contribution in [3.05, 3.63) is 29.8 Å². The Balaban J connectivity index is 2.99. The minimum atomic E-state index is -0.751. The molecule has 0 fully saturated rings. The molecular weight excluding hydrogens is 270 g/mol. The minimum absolute atomic E-state index is 0.243. The highest BCUT2D eigenvalue weighted by atomic mass is 16.6. The largest absolute Gasteiger partial charge is 0.461 e. The Kier molecular flexibility index (Phi) is 7.15. The van der Waals surface area contributed by atoms with Gasteiger partial charge >= 0.3 is 11.9 Å². The highest BCUT2D eigenvalue weighted by Crippen LogP contribution is 2.14. The average molecular weight is 291 g/mol. The molecule has 0 N–H and O–H groups in total. The number of aliphatic imine (C=N–C) groups is 1. The molecule has 0 radical (unpaired) electrons. The molecule has 0 aliphatic heterocycles. The second kappa shape index (κ2) is 8.89. The number of rotatable bonds is 7. The Morgan fingerprint density at radius 1 is 1.05 bits per heavy atom. The van der Waals surface area contributed by atoms with Crippen LogP contribution in [-0.2, 0) is 19.1 Å². The molecule has 5 nitrogen and oxygen atoms in total. The number of hydrogen-bond donors (Lipinski definition) is 0. The normalized spacial score (nSPS) is 9.86. The molecule has 0 saturated carbocycles. The van der Waals surface area contributed by atoms with E-state index in [0.29, 0.717) is 18.5 Å². The molecule has 0 amide bonds. The Morgan fingerprint density at radius 3 is 2.10 bits per heavy atom. The van der Waals surface area contributed by atoms with E-state index >= 15 is 0 Å². The van der Waals surface area contributed by atoms with E-state index in [1.807, 2.05) is 26.8 Å². The van der Waals surface area contributed by atoms with Crippen LogP contribution in [0.4, 0.5) is 5.69 Å². The van der Waals surface area contributed by atoms with Crippen molar-refractivity contribution in [2.24, 2.45) is 4.99 Å². The molecule has 0 unspecified atom stereocenters. The first-order valence-electron chi connectivity index (χ1n) is 7.08. The van der Waals surface area contributed by atoms with Crippen molar-refractivity contribution in [1.82, 2.24) is 0 Å². The van der Waals surface area contributed by atoms with Gasteiger partial charge in [0.1, 0.15) is 0 Å². The van der Waals surface area contributed by atoms with Gasteiger partial charge in [-0.2, -0.15) is 0 Å². The zero-order valence-corrected chi connectivity index (χ0v) is 12.7. The molecule has 1 rings (SSSR count). The van der Waals surface area contributed by atoms with Crippen molar-refractivity contribution in [2.75, 3.05) is 13.2 Å². The summed E-state index contributed by atoms with van der Waals surface area (Å²) in [5.74, 6) is -1.50. The summed E-state index contributed by atoms with van der Waals surface area (Å²) in [7, 11) is 0. The third kappa shape index (κ3) is 5.77. The van der Waals surface area contributed by atoms with Gasteiger partial charge in [-0.1, -0.05) is 26.0 Å². The van der Waals surface area contributed by atoms with Crippen molar-refractivity contribution in [1.29, 1.82) is 0 Å². The highest BCUT2D eigenvalue weighted by molar-refractivity contribution is 6.63. The first-order valence-corrected chi connectivity index (χ1v) is 7.08. The van der Waals surface area contributed by atoms with Gasteiger partial charge in [-0.05, 0) is 37.5 Å². The molecule has 1 aromatic rings. The summed E-state index contributed by atoms with van der Waals surface area (Å²) in [4.78, 5) is 28.0. The molecule has 0 spiro atoms. The van der Waals surface area contributed by atoms with Crippen LogP contribution in [-0.4, -0.2) is 30.9 Å². The average Bonchev–Trinajstić information content (AvgIpc) is 2.48. The van der Waals surface area contributed by atoms with E-state index in [4.69, 9.17) is 9.47 Å². The van der Waals surface area contributed by atoms with Crippen LogP contribution in [0.3, 0.4) is 0 Å². The summed E-state index contributed by atoms with van der Waals surface area (Å²) in [5.41, 5.74) is 1.19. The van der Waals surface area contributed by atoms with E-state index in [2.05, 4.69) is 4.99 Å². The molecule has 114 valence electrons. The molecule has 0 atom stereocenters. The van der Waals surface area contributed by atoms with Crippen LogP contribution in [0.5, 0.6) is 0 Å². The number of nitrogens with zero attached hydrogens (tertiary/aromatic N) is 1. The summed E-state index contributed by atoms with van der Waals surface area (Å²) >= 11 is 0. The summed E-state index contributed by atoms with van der Waals surface area (Å²) in [6.45, 7) is 6.14. The lowest BCUT2D eigenvalue weighted by atomic mass is 10.2. The van der Waals surface area contributed by atoms with Gasteiger partial charge in [0.15, 0.2) is 0 Å². The minimum Gasteiger partial charge on any atom is -0.461 e. The van der Waals surface area contributed by atoms with E-state index in [1.165, 1.54) is 0 Å². The molecular formula is C16H21NO4. The molecule has 1 aromatic carbocycles. The zero-order valence-electron chi connectivity index (χ0n) is 12.7. The molecule has 0 aromatic heterocycles. The third-order valence-corrected chi connectivity index (χ3v) is 2.50. The lowest BCUT2D eigenvalue weighted by Crippen LogP contribution is -2.28. The van der Waals surface area contributed by atoms with Gasteiger partial charge < -0.3 is 9.47 Å². The van der Waals surface area contributed by atoms with Crippen molar-refractivity contribution >= 4 is 23.3 Å². The maximum Gasteiger partial charge on any atom is 0.364 e. The molecule has 5 heteroatoms. The van der Waals surface area contributed by atoms with Crippen LogP contribution >= 0.6 is 0 Å². The van der Waals surface area contributed by atoms with Gasteiger partial charge in [0.25, 0.3) is 0 Å². The smallest absolute Gasteiger partial charge is 0.364 e. The molecule has 21 heavy (non-hydrogen) atoms. The third-order valence-electron chi connectivity index (χ3n) is 2.50. The van der Waals surface area contributed by atoms with Crippen LogP contribution in [0.1, 0.15) is 32.3 Å². The predicted octanol–water partition coefficient (Wildman–Crippen LogP) is 2.97. The van der Waals surface area contributed by atoms with Gasteiger partial charge in [0, 0.05) is 0 Å². The maximum absolute atomic E-state index is 11.9. The van der Waals surface area contributed by atoms with Crippen LogP contribution in [0.2, 0.25) is 0 Å². The van der Waals surface area contributed by atoms with Crippen molar-refractivity contribution in [3.8, 4) is 0 Å². The number of esters is 2. The van der Waals surface area contributed by atoms with Gasteiger partial charge in [-0.25, -0.2) is 14.6 Å². The van der Waals surface area contributed by atoms with Crippen molar-refractivity contribution in [3.63, 3.8) is 0 Å². The fourth-order valence-corrected chi connectivity index (χ4v) is 1.53. The van der Waals surface area contributed by atoms with Crippen molar-refractivity contribution in [2.45, 2.75) is 33.6 Å². The summed E-state index contributed by atoms with van der Waals surface area (Å²) in [6, 6.07) is 7.21. The lowest BCUT2D eigenvalue weighted by molar-refractivity contribution is -0.141. The zero-order chi connectivity index (χ0) is 15.7. The first kappa shape index (κ1) is 16.9. The fourth-order valence-electron chi connectivity index (χ4n) is 1.53. The number of carbonyl (C=O) groups excluding carboxylic acids is 2. The first-order chi connectivity index (χ1) is 10.1. The van der Waals surface area contributed by atoms with Crippen LogP contribution in [0.25, 0.3) is 0 Å². The van der Waals surface area contributed by atoms with Gasteiger partial charge in [-0.3, -0.25) is 0 Å². The molecule has 0 saturated heterocycles. The van der Waals surface area contributed by atoms with E-state index in [-0.39, 0.29) is 18.9 Å². The SMILES string of the molecule is CCCOC(=O)C(=Nc1cccc(C)c1)C(=O)OCCC.